The highest BCUT2D eigenvalue weighted by Gasteiger charge is 2.15. The molecule has 1 rings (SSSR count). The number of Topliss-reactive ketones (excluding diaryl/α,β-unsaturated/α-hetero) is 1. The van der Waals surface area contributed by atoms with Crippen LogP contribution in [0.1, 0.15) is 37.0 Å². The topological polar surface area (TPSA) is 25.2 Å². The van der Waals surface area contributed by atoms with Gasteiger partial charge in [0.15, 0.2) is 5.78 Å². The first kappa shape index (κ1) is 13.0. The van der Waals surface area contributed by atoms with Gasteiger partial charge in [0.05, 0.1) is 6.54 Å². The van der Waals surface area contributed by atoms with Crippen LogP contribution < -0.4 is 0 Å². The Labute approximate surface area is 98.1 Å². The molecule has 16 heavy (non-hydrogen) atoms. The Bertz CT molecular complexity index is 339. The molecule has 3 heteroatoms. The van der Waals surface area contributed by atoms with Crippen molar-refractivity contribution in [3.05, 3.63) is 24.0 Å². The first-order chi connectivity index (χ1) is 7.58. The maximum Gasteiger partial charge on any atom is 0.178 e. The van der Waals surface area contributed by atoms with Gasteiger partial charge in [-0.05, 0) is 26.0 Å². The molecule has 3 nitrogen and oxygen atoms in total. The largest absolute Gasteiger partial charge is 0.357 e. The molecule has 0 spiro atoms. The molecule has 1 aromatic heterocycles. The average molecular weight is 222 g/mol. The van der Waals surface area contributed by atoms with E-state index < -0.39 is 0 Å². The lowest BCUT2D eigenvalue weighted by Crippen LogP contribution is -2.35. The fourth-order valence-corrected chi connectivity index (χ4v) is 2.03. The third-order valence-electron chi connectivity index (χ3n) is 3.11. The third-order valence-corrected chi connectivity index (χ3v) is 3.11. The Balaban J connectivity index is 2.57. The molecular formula is C13H22N2O. The number of aromatic nitrogens is 1. The van der Waals surface area contributed by atoms with Gasteiger partial charge in [0.25, 0.3) is 0 Å². The summed E-state index contributed by atoms with van der Waals surface area (Å²) < 4.78 is 1.91. The van der Waals surface area contributed by atoms with E-state index in [2.05, 4.69) is 18.7 Å². The summed E-state index contributed by atoms with van der Waals surface area (Å²) >= 11 is 0. The molecule has 0 saturated heterocycles. The molecule has 0 N–H and O–H groups in total. The molecular weight excluding hydrogens is 200 g/mol. The van der Waals surface area contributed by atoms with Crippen LogP contribution >= 0.6 is 0 Å². The Morgan fingerprint density at radius 3 is 2.50 bits per heavy atom. The van der Waals surface area contributed by atoms with Crippen molar-refractivity contribution in [3.8, 4) is 0 Å². The zero-order valence-corrected chi connectivity index (χ0v) is 10.7. The van der Waals surface area contributed by atoms with Crippen molar-refractivity contribution in [1.29, 1.82) is 0 Å². The number of hydrogen-bond donors (Lipinski definition) is 0. The number of aryl methyl sites for hydroxylation is 1. The fraction of sp³-hybridized carbons (Fsp3) is 0.615. The van der Waals surface area contributed by atoms with Crippen molar-refractivity contribution in [2.24, 2.45) is 7.05 Å². The van der Waals surface area contributed by atoms with Crippen LogP contribution in [-0.4, -0.2) is 34.9 Å². The number of nitrogens with zero attached hydrogens (tertiary/aromatic N) is 2. The Hall–Kier alpha value is -1.09. The fourth-order valence-electron chi connectivity index (χ4n) is 2.03. The highest BCUT2D eigenvalue weighted by atomic mass is 16.1. The molecule has 1 aromatic rings. The smallest absolute Gasteiger partial charge is 0.178 e. The minimum atomic E-state index is 0.204. The molecule has 0 aromatic carbocycles. The third kappa shape index (κ3) is 3.20. The number of rotatable bonds is 6. The van der Waals surface area contributed by atoms with Gasteiger partial charge in [0, 0.05) is 31.0 Å². The quantitative estimate of drug-likeness (QED) is 0.690. The summed E-state index contributed by atoms with van der Waals surface area (Å²) in [7, 11) is 3.96. The molecule has 0 radical (unpaired) electrons. The Morgan fingerprint density at radius 1 is 1.44 bits per heavy atom. The van der Waals surface area contributed by atoms with Crippen molar-refractivity contribution in [1.82, 2.24) is 9.47 Å². The summed E-state index contributed by atoms with van der Waals surface area (Å²) in [5.74, 6) is 0.204. The maximum absolute atomic E-state index is 11.9. The molecule has 90 valence electrons. The maximum atomic E-state index is 11.9. The van der Waals surface area contributed by atoms with E-state index in [4.69, 9.17) is 0 Å². The number of likely N-dealkylation sites (N-methyl/N-ethyl adjacent to an activating group) is 1. The molecule has 0 bridgehead atoms. The van der Waals surface area contributed by atoms with E-state index in [0.717, 1.165) is 18.4 Å². The van der Waals surface area contributed by atoms with E-state index in [1.807, 2.05) is 37.1 Å². The summed E-state index contributed by atoms with van der Waals surface area (Å²) in [6.45, 7) is 4.84. The van der Waals surface area contributed by atoms with Gasteiger partial charge in [-0.3, -0.25) is 9.69 Å². The van der Waals surface area contributed by atoms with Gasteiger partial charge in [-0.25, -0.2) is 0 Å². The van der Waals surface area contributed by atoms with E-state index in [1.54, 1.807) is 0 Å². The van der Waals surface area contributed by atoms with Crippen LogP contribution in [0.3, 0.4) is 0 Å². The molecule has 0 atom stereocenters. The van der Waals surface area contributed by atoms with Crippen LogP contribution in [0.4, 0.5) is 0 Å². The number of carbonyl (C=O) groups is 1. The Kier molecular flexibility index (Phi) is 4.74. The molecule has 1 heterocycles. The van der Waals surface area contributed by atoms with Crippen LogP contribution in [0.25, 0.3) is 0 Å². The second-order valence-electron chi connectivity index (χ2n) is 4.37. The first-order valence-electron chi connectivity index (χ1n) is 5.93. The van der Waals surface area contributed by atoms with E-state index in [9.17, 15) is 4.79 Å². The van der Waals surface area contributed by atoms with Crippen LogP contribution in [0.2, 0.25) is 0 Å². The molecule has 0 saturated carbocycles. The normalized spacial score (nSPS) is 11.4. The Morgan fingerprint density at radius 2 is 2.06 bits per heavy atom. The van der Waals surface area contributed by atoms with E-state index >= 15 is 0 Å². The summed E-state index contributed by atoms with van der Waals surface area (Å²) in [6.07, 6.45) is 5.97. The highest BCUT2D eigenvalue weighted by molar-refractivity contribution is 5.97. The number of hydrogen-bond acceptors (Lipinski definition) is 2. The average Bonchev–Trinajstić information content (AvgIpc) is 2.66. The van der Waals surface area contributed by atoms with Crippen LogP contribution in [-0.2, 0) is 7.05 Å². The van der Waals surface area contributed by atoms with E-state index in [1.165, 1.54) is 0 Å². The number of ketones is 1. The lowest BCUT2D eigenvalue weighted by molar-refractivity contribution is 0.0915. The standard InChI is InChI=1S/C13H22N2O/c1-5-12(6-2)15(4)10-13(16)11-7-8-14(3)9-11/h7-9,12H,5-6,10H2,1-4H3. The molecule has 0 fully saturated rings. The summed E-state index contributed by atoms with van der Waals surface area (Å²) in [5, 5.41) is 0. The zero-order chi connectivity index (χ0) is 12.1. The second-order valence-corrected chi connectivity index (χ2v) is 4.37. The first-order valence-corrected chi connectivity index (χ1v) is 5.93. The van der Waals surface area contributed by atoms with Crippen LogP contribution in [0.5, 0.6) is 0 Å². The molecule has 0 aliphatic heterocycles. The summed E-state index contributed by atoms with van der Waals surface area (Å²) in [4.78, 5) is 14.1. The van der Waals surface area contributed by atoms with Crippen molar-refractivity contribution >= 4 is 5.78 Å². The van der Waals surface area contributed by atoms with Gasteiger partial charge in [0.1, 0.15) is 0 Å². The van der Waals surface area contributed by atoms with Gasteiger partial charge >= 0.3 is 0 Å². The minimum Gasteiger partial charge on any atom is -0.357 e. The molecule has 0 amide bonds. The van der Waals surface area contributed by atoms with E-state index in [-0.39, 0.29) is 5.78 Å². The lowest BCUT2D eigenvalue weighted by atomic mass is 10.1. The second kappa shape index (κ2) is 5.85. The minimum absolute atomic E-state index is 0.204. The highest BCUT2D eigenvalue weighted by Crippen LogP contribution is 2.08. The monoisotopic (exact) mass is 222 g/mol. The van der Waals surface area contributed by atoms with Gasteiger partial charge in [-0.1, -0.05) is 13.8 Å². The van der Waals surface area contributed by atoms with Crippen molar-refractivity contribution < 1.29 is 4.79 Å². The molecule has 0 unspecified atom stereocenters. The van der Waals surface area contributed by atoms with Gasteiger partial charge in [-0.2, -0.15) is 0 Å². The predicted molar refractivity (Wildman–Crippen MR) is 66.7 cm³/mol. The SMILES string of the molecule is CCC(CC)N(C)CC(=O)c1ccn(C)c1. The van der Waals surface area contributed by atoms with Crippen molar-refractivity contribution in [2.75, 3.05) is 13.6 Å². The predicted octanol–water partition coefficient (Wildman–Crippen LogP) is 2.33. The summed E-state index contributed by atoms with van der Waals surface area (Å²) in [5.41, 5.74) is 0.806. The van der Waals surface area contributed by atoms with Gasteiger partial charge in [-0.15, -0.1) is 0 Å². The molecule has 0 aliphatic carbocycles. The van der Waals surface area contributed by atoms with Crippen LogP contribution in [0, 0.1) is 0 Å². The van der Waals surface area contributed by atoms with Gasteiger partial charge in [0.2, 0.25) is 0 Å². The lowest BCUT2D eigenvalue weighted by Gasteiger charge is -2.24. The van der Waals surface area contributed by atoms with Gasteiger partial charge < -0.3 is 4.57 Å². The molecule has 0 aliphatic rings. The summed E-state index contributed by atoms with van der Waals surface area (Å²) in [6, 6.07) is 2.39. The zero-order valence-electron chi connectivity index (χ0n) is 10.7. The van der Waals surface area contributed by atoms with Crippen LogP contribution in [0.15, 0.2) is 18.5 Å². The van der Waals surface area contributed by atoms with Crippen molar-refractivity contribution in [2.45, 2.75) is 32.7 Å². The van der Waals surface area contributed by atoms with E-state index in [0.29, 0.717) is 12.6 Å². The van der Waals surface area contributed by atoms with Crippen molar-refractivity contribution in [3.63, 3.8) is 0 Å². The number of carbonyl (C=O) groups excluding carboxylic acids is 1.